The van der Waals surface area contributed by atoms with E-state index in [1.807, 2.05) is 57.2 Å². The molecule has 2 amide bonds. The van der Waals surface area contributed by atoms with Crippen molar-refractivity contribution in [2.45, 2.75) is 45.6 Å². The molecule has 178 valence electrons. The lowest BCUT2D eigenvalue weighted by Gasteiger charge is -2.33. The quantitative estimate of drug-likeness (QED) is 0.600. The van der Waals surface area contributed by atoms with Gasteiger partial charge in [-0.1, -0.05) is 23.4 Å². The van der Waals surface area contributed by atoms with E-state index in [0.29, 0.717) is 43.3 Å². The van der Waals surface area contributed by atoms with Crippen molar-refractivity contribution in [3.63, 3.8) is 0 Å². The maximum Gasteiger partial charge on any atom is 0.410 e. The summed E-state index contributed by atoms with van der Waals surface area (Å²) in [6.45, 7) is 6.42. The molecule has 3 heterocycles. The van der Waals surface area contributed by atoms with E-state index < -0.39 is 5.60 Å². The van der Waals surface area contributed by atoms with Crippen LogP contribution in [0.25, 0.3) is 11.4 Å². The zero-order chi connectivity index (χ0) is 24.1. The van der Waals surface area contributed by atoms with Crippen molar-refractivity contribution in [1.82, 2.24) is 20.0 Å². The van der Waals surface area contributed by atoms with Crippen molar-refractivity contribution in [1.29, 1.82) is 0 Å². The summed E-state index contributed by atoms with van der Waals surface area (Å²) in [4.78, 5) is 35.7. The third-order valence-electron chi connectivity index (χ3n) is 5.45. The second-order valence-corrected chi connectivity index (χ2v) is 9.34. The lowest BCUT2D eigenvalue weighted by Crippen LogP contribution is -2.45. The second-order valence-electron chi connectivity index (χ2n) is 9.34. The zero-order valence-corrected chi connectivity index (χ0v) is 19.7. The van der Waals surface area contributed by atoms with Gasteiger partial charge in [-0.2, -0.15) is 4.98 Å². The summed E-state index contributed by atoms with van der Waals surface area (Å²) in [5, 5.41) is 7.06. The number of nitrogens with zero attached hydrogens (tertiary/aromatic N) is 4. The number of carbonyl (C=O) groups is 2. The number of aromatic nitrogens is 3. The normalized spacial score (nSPS) is 16.2. The van der Waals surface area contributed by atoms with Crippen LogP contribution >= 0.6 is 0 Å². The number of nitrogens with one attached hydrogen (secondary N) is 1. The molecule has 0 radical (unpaired) electrons. The molecule has 1 unspecified atom stereocenters. The molecule has 34 heavy (non-hydrogen) atoms. The predicted molar refractivity (Wildman–Crippen MR) is 126 cm³/mol. The Labute approximate surface area is 198 Å². The zero-order valence-electron chi connectivity index (χ0n) is 19.7. The smallest absolute Gasteiger partial charge is 0.410 e. The van der Waals surface area contributed by atoms with E-state index in [9.17, 15) is 9.59 Å². The molecular weight excluding hydrogens is 434 g/mol. The number of hydrogen-bond acceptors (Lipinski definition) is 7. The number of benzene rings is 1. The second kappa shape index (κ2) is 10.0. The van der Waals surface area contributed by atoms with E-state index in [1.54, 1.807) is 17.3 Å². The van der Waals surface area contributed by atoms with Gasteiger partial charge in [0, 0.05) is 36.7 Å². The highest BCUT2D eigenvalue weighted by atomic mass is 16.6. The van der Waals surface area contributed by atoms with Crippen molar-refractivity contribution in [3.8, 4) is 11.4 Å². The standard InChI is InChI=1S/C25H29N5O4/c1-25(2,3)33-24(32)30-13-7-10-19(16-30)23(31)27-20-11-5-4-8-17(20)14-21-28-22(29-34-21)18-9-6-12-26-15-18/h4-6,8-9,11-12,15,19H,7,10,13-14,16H2,1-3H3,(H,27,31). The average Bonchev–Trinajstić information content (AvgIpc) is 3.28. The molecule has 1 fully saturated rings. The molecule has 0 bridgehead atoms. The monoisotopic (exact) mass is 463 g/mol. The lowest BCUT2D eigenvalue weighted by molar-refractivity contribution is -0.121. The first-order chi connectivity index (χ1) is 16.3. The van der Waals surface area contributed by atoms with Crippen molar-refractivity contribution in [2.75, 3.05) is 18.4 Å². The molecule has 9 heteroatoms. The van der Waals surface area contributed by atoms with Crippen LogP contribution in [0.3, 0.4) is 0 Å². The van der Waals surface area contributed by atoms with Crippen LogP contribution in [-0.4, -0.2) is 50.7 Å². The molecule has 1 aliphatic rings. The first-order valence-corrected chi connectivity index (χ1v) is 11.4. The lowest BCUT2D eigenvalue weighted by atomic mass is 9.97. The molecule has 4 rings (SSSR count). The fourth-order valence-corrected chi connectivity index (χ4v) is 3.82. The molecule has 0 spiro atoms. The maximum atomic E-state index is 13.1. The van der Waals surface area contributed by atoms with Crippen molar-refractivity contribution in [2.24, 2.45) is 5.92 Å². The Morgan fingerprint density at radius 3 is 2.79 bits per heavy atom. The molecule has 1 aromatic carbocycles. The number of para-hydroxylation sites is 1. The van der Waals surface area contributed by atoms with E-state index in [2.05, 4.69) is 20.4 Å². The van der Waals surface area contributed by atoms with Crippen LogP contribution in [0.2, 0.25) is 0 Å². The van der Waals surface area contributed by atoms with Gasteiger partial charge in [0.15, 0.2) is 0 Å². The number of likely N-dealkylation sites (tertiary alicyclic amines) is 1. The summed E-state index contributed by atoms with van der Waals surface area (Å²) in [7, 11) is 0. The maximum absolute atomic E-state index is 13.1. The highest BCUT2D eigenvalue weighted by Gasteiger charge is 2.31. The number of pyridine rings is 1. The van der Waals surface area contributed by atoms with Crippen LogP contribution in [0, 0.1) is 5.92 Å². The van der Waals surface area contributed by atoms with E-state index in [0.717, 1.165) is 17.5 Å². The van der Waals surface area contributed by atoms with E-state index in [-0.39, 0.29) is 17.9 Å². The number of carbonyl (C=O) groups excluding carboxylic acids is 2. The van der Waals surface area contributed by atoms with Crippen LogP contribution in [-0.2, 0) is 16.0 Å². The van der Waals surface area contributed by atoms with Crippen LogP contribution in [0.1, 0.15) is 45.1 Å². The Bertz CT molecular complexity index is 1140. The molecule has 1 saturated heterocycles. The minimum atomic E-state index is -0.573. The third kappa shape index (κ3) is 5.98. The van der Waals surface area contributed by atoms with Crippen LogP contribution in [0.15, 0.2) is 53.3 Å². The van der Waals surface area contributed by atoms with Gasteiger partial charge in [-0.25, -0.2) is 4.79 Å². The Hall–Kier alpha value is -3.75. The SMILES string of the molecule is CC(C)(C)OC(=O)N1CCCC(C(=O)Nc2ccccc2Cc2nc(-c3cccnc3)no2)C1. The number of piperidine rings is 1. The van der Waals surface area contributed by atoms with Gasteiger partial charge in [-0.05, 0) is 57.4 Å². The van der Waals surface area contributed by atoms with Gasteiger partial charge >= 0.3 is 6.09 Å². The van der Waals surface area contributed by atoms with Crippen molar-refractivity contribution < 1.29 is 18.8 Å². The first kappa shape index (κ1) is 23.4. The summed E-state index contributed by atoms with van der Waals surface area (Å²) >= 11 is 0. The van der Waals surface area contributed by atoms with E-state index in [1.165, 1.54) is 0 Å². The Kier molecular flexibility index (Phi) is 6.90. The summed E-state index contributed by atoms with van der Waals surface area (Å²) < 4.78 is 10.9. The molecule has 1 aliphatic heterocycles. The topological polar surface area (TPSA) is 110 Å². The highest BCUT2D eigenvalue weighted by Crippen LogP contribution is 2.24. The number of ether oxygens (including phenoxy) is 1. The molecular formula is C25H29N5O4. The Morgan fingerprint density at radius 1 is 1.21 bits per heavy atom. The summed E-state index contributed by atoms with van der Waals surface area (Å²) in [5.74, 6) is 0.473. The molecule has 1 atom stereocenters. The van der Waals surface area contributed by atoms with Gasteiger partial charge in [-0.3, -0.25) is 9.78 Å². The molecule has 9 nitrogen and oxygen atoms in total. The Morgan fingerprint density at radius 2 is 2.03 bits per heavy atom. The first-order valence-electron chi connectivity index (χ1n) is 11.4. The predicted octanol–water partition coefficient (Wildman–Crippen LogP) is 4.31. The van der Waals surface area contributed by atoms with Gasteiger partial charge in [-0.15, -0.1) is 0 Å². The number of hydrogen-bond donors (Lipinski definition) is 1. The molecule has 3 aromatic rings. The summed E-state index contributed by atoms with van der Waals surface area (Å²) in [6.07, 6.45) is 4.81. The minimum Gasteiger partial charge on any atom is -0.444 e. The average molecular weight is 464 g/mol. The molecule has 1 N–H and O–H groups in total. The third-order valence-corrected chi connectivity index (χ3v) is 5.45. The molecule has 2 aromatic heterocycles. The van der Waals surface area contributed by atoms with Gasteiger partial charge in [0.1, 0.15) is 5.60 Å². The largest absolute Gasteiger partial charge is 0.444 e. The minimum absolute atomic E-state index is 0.123. The number of rotatable bonds is 5. The molecule has 0 aliphatic carbocycles. The van der Waals surface area contributed by atoms with Gasteiger partial charge in [0.25, 0.3) is 0 Å². The van der Waals surface area contributed by atoms with Crippen molar-refractivity contribution in [3.05, 3.63) is 60.2 Å². The Balaban J connectivity index is 1.41. The summed E-state index contributed by atoms with van der Waals surface area (Å²) in [5.41, 5.74) is 1.74. The van der Waals surface area contributed by atoms with Crippen LogP contribution in [0.4, 0.5) is 10.5 Å². The highest BCUT2D eigenvalue weighted by molar-refractivity contribution is 5.93. The summed E-state index contributed by atoms with van der Waals surface area (Å²) in [6, 6.07) is 11.2. The van der Waals surface area contributed by atoms with Gasteiger partial charge in [0.05, 0.1) is 12.3 Å². The van der Waals surface area contributed by atoms with E-state index in [4.69, 9.17) is 9.26 Å². The number of anilines is 1. The fourth-order valence-electron chi connectivity index (χ4n) is 3.82. The fraction of sp³-hybridized carbons (Fsp3) is 0.400. The van der Waals surface area contributed by atoms with E-state index >= 15 is 0 Å². The molecule has 0 saturated carbocycles. The van der Waals surface area contributed by atoms with Crippen LogP contribution in [0.5, 0.6) is 0 Å². The van der Waals surface area contributed by atoms with Gasteiger partial charge in [0.2, 0.25) is 17.6 Å². The van der Waals surface area contributed by atoms with Crippen molar-refractivity contribution >= 4 is 17.7 Å². The van der Waals surface area contributed by atoms with Crippen LogP contribution < -0.4 is 5.32 Å². The van der Waals surface area contributed by atoms with Gasteiger partial charge < -0.3 is 19.5 Å². The number of amides is 2.